The molecule has 1 aromatic carbocycles. The largest absolute Gasteiger partial charge is 0.497 e. The fraction of sp³-hybridized carbons (Fsp3) is 0.633. The van der Waals surface area contributed by atoms with E-state index in [9.17, 15) is 19.2 Å². The van der Waals surface area contributed by atoms with Crippen LogP contribution in [0.4, 0.5) is 4.79 Å². The van der Waals surface area contributed by atoms with Crippen LogP contribution in [0.2, 0.25) is 0 Å². The highest BCUT2D eigenvalue weighted by molar-refractivity contribution is 5.90. The van der Waals surface area contributed by atoms with E-state index < -0.39 is 29.6 Å². The number of fused-ring (bicyclic) bond motifs is 1. The lowest BCUT2D eigenvalue weighted by atomic mass is 9.85. The van der Waals surface area contributed by atoms with Gasteiger partial charge in [-0.3, -0.25) is 9.59 Å². The van der Waals surface area contributed by atoms with Gasteiger partial charge in [0.1, 0.15) is 23.5 Å². The van der Waals surface area contributed by atoms with E-state index in [2.05, 4.69) is 15.3 Å². The van der Waals surface area contributed by atoms with Gasteiger partial charge in [-0.15, -0.1) is 0 Å². The van der Waals surface area contributed by atoms with Gasteiger partial charge in [-0.25, -0.2) is 14.6 Å². The quantitative estimate of drug-likeness (QED) is 0.282. The van der Waals surface area contributed by atoms with Crippen molar-refractivity contribution in [3.63, 3.8) is 0 Å². The van der Waals surface area contributed by atoms with Crippen molar-refractivity contribution in [3.05, 3.63) is 34.2 Å². The summed E-state index contributed by atoms with van der Waals surface area (Å²) in [5.74, 6) is 0.890. The Morgan fingerprint density at radius 1 is 1.15 bits per heavy atom. The van der Waals surface area contributed by atoms with Gasteiger partial charge in [-0.1, -0.05) is 52.9 Å². The molecule has 1 aromatic heterocycles. The van der Waals surface area contributed by atoms with Gasteiger partial charge in [0.25, 0.3) is 5.56 Å². The average molecular weight is 573 g/mol. The van der Waals surface area contributed by atoms with Gasteiger partial charge >= 0.3 is 12.1 Å². The number of amides is 2. The van der Waals surface area contributed by atoms with Crippen molar-refractivity contribution in [2.24, 2.45) is 11.3 Å². The zero-order chi connectivity index (χ0) is 30.2. The molecule has 1 saturated heterocycles. The number of carbonyl (C=O) groups excluding carboxylic acids is 2. The molecule has 1 aliphatic carbocycles. The number of unbranched alkanes of at least 4 members (excludes halogenated alkanes) is 2. The van der Waals surface area contributed by atoms with E-state index in [4.69, 9.17) is 14.6 Å². The van der Waals surface area contributed by atoms with Gasteiger partial charge < -0.3 is 29.8 Å². The number of aryl methyl sites for hydroxylation is 1. The maximum absolute atomic E-state index is 12.6. The van der Waals surface area contributed by atoms with Crippen molar-refractivity contribution in [1.29, 1.82) is 0 Å². The molecule has 11 heteroatoms. The van der Waals surface area contributed by atoms with E-state index in [1.54, 1.807) is 27.9 Å². The van der Waals surface area contributed by atoms with Crippen LogP contribution in [0.3, 0.4) is 0 Å². The predicted molar refractivity (Wildman–Crippen MR) is 155 cm³/mol. The van der Waals surface area contributed by atoms with Crippen molar-refractivity contribution >= 4 is 29.0 Å². The highest BCUT2D eigenvalue weighted by Crippen LogP contribution is 2.34. The fourth-order valence-electron chi connectivity index (χ4n) is 5.06. The van der Waals surface area contributed by atoms with Crippen LogP contribution >= 0.6 is 0 Å². The smallest absolute Gasteiger partial charge is 0.405 e. The molecule has 0 bridgehead atoms. The molecule has 0 radical (unpaired) electrons. The lowest BCUT2D eigenvalue weighted by molar-refractivity contribution is -0.152. The van der Waals surface area contributed by atoms with Crippen LogP contribution < -0.4 is 15.6 Å². The molecule has 2 aromatic rings. The fourth-order valence-corrected chi connectivity index (χ4v) is 5.06. The number of ether oxygens (including phenoxy) is 2. The first kappa shape index (κ1) is 31.9. The van der Waals surface area contributed by atoms with Crippen LogP contribution in [-0.4, -0.2) is 70.8 Å². The third-order valence-corrected chi connectivity index (χ3v) is 7.58. The van der Waals surface area contributed by atoms with Crippen LogP contribution in [0.5, 0.6) is 5.75 Å². The van der Waals surface area contributed by atoms with Gasteiger partial charge in [0.05, 0.1) is 25.3 Å². The Balaban J connectivity index is 0.000000226. The molecule has 2 amide bonds. The number of aromatic amines is 1. The summed E-state index contributed by atoms with van der Waals surface area (Å²) in [6, 6.07) is 4.05. The molecule has 2 fully saturated rings. The molecule has 41 heavy (non-hydrogen) atoms. The number of methoxy groups -OCH3 is 2. The monoisotopic (exact) mass is 572 g/mol. The molecule has 1 aliphatic heterocycles. The topological polar surface area (TPSA) is 151 Å². The maximum Gasteiger partial charge on any atom is 0.405 e. The van der Waals surface area contributed by atoms with Gasteiger partial charge in [-0.05, 0) is 49.1 Å². The average Bonchev–Trinajstić information content (AvgIpc) is 3.62. The Morgan fingerprint density at radius 3 is 2.49 bits per heavy atom. The maximum atomic E-state index is 12.6. The molecular formula is C30H44N4O7. The second-order valence-electron chi connectivity index (χ2n) is 11.9. The number of H-pyrrole nitrogens is 1. The lowest BCUT2D eigenvalue weighted by Gasteiger charge is -2.34. The first-order valence-electron chi connectivity index (χ1n) is 14.4. The van der Waals surface area contributed by atoms with Crippen LogP contribution in [0, 0.1) is 11.3 Å². The van der Waals surface area contributed by atoms with E-state index in [-0.39, 0.29) is 11.5 Å². The highest BCUT2D eigenvalue weighted by Gasteiger charge is 2.42. The molecule has 2 heterocycles. The number of aromatic nitrogens is 2. The summed E-state index contributed by atoms with van der Waals surface area (Å²) >= 11 is 0. The van der Waals surface area contributed by atoms with E-state index >= 15 is 0 Å². The molecule has 226 valence electrons. The summed E-state index contributed by atoms with van der Waals surface area (Å²) in [5, 5.41) is 11.1. The summed E-state index contributed by atoms with van der Waals surface area (Å²) < 4.78 is 9.85. The minimum absolute atomic E-state index is 0.0713. The van der Waals surface area contributed by atoms with Crippen molar-refractivity contribution in [2.75, 3.05) is 20.8 Å². The Hall–Kier alpha value is -3.63. The second kappa shape index (κ2) is 14.3. The SMILES string of the molecule is COC(=O)C1CCCN1C(=O)C(NC(=O)O)C(C)(C)C.COc1ccc2nc(CCCCCC3CC3)c(=O)[nH]c2c1. The Kier molecular flexibility index (Phi) is 11.1. The Bertz CT molecular complexity index is 1270. The van der Waals surface area contributed by atoms with Crippen LogP contribution in [0.15, 0.2) is 23.0 Å². The first-order valence-corrected chi connectivity index (χ1v) is 14.4. The molecule has 3 N–H and O–H groups in total. The molecule has 2 unspecified atom stereocenters. The van der Waals surface area contributed by atoms with E-state index in [0.717, 1.165) is 35.5 Å². The molecule has 4 rings (SSSR count). The summed E-state index contributed by atoms with van der Waals surface area (Å²) in [6.07, 6.45) is 8.49. The summed E-state index contributed by atoms with van der Waals surface area (Å²) in [5.41, 5.74) is 1.55. The van der Waals surface area contributed by atoms with Gasteiger partial charge in [0.2, 0.25) is 5.91 Å². The first-order chi connectivity index (χ1) is 19.4. The third-order valence-electron chi connectivity index (χ3n) is 7.58. The van der Waals surface area contributed by atoms with Gasteiger partial charge in [0.15, 0.2) is 0 Å². The third kappa shape index (κ3) is 9.19. The number of hydrogen-bond donors (Lipinski definition) is 3. The number of carbonyl (C=O) groups is 3. The molecule has 2 atom stereocenters. The summed E-state index contributed by atoms with van der Waals surface area (Å²) in [4.78, 5) is 56.0. The lowest BCUT2D eigenvalue weighted by Crippen LogP contribution is -2.56. The zero-order valence-electron chi connectivity index (χ0n) is 24.8. The summed E-state index contributed by atoms with van der Waals surface area (Å²) in [7, 11) is 2.89. The standard InChI is InChI=1S/C17H22N2O2.C13H22N2O5/c1-21-13-9-10-14-16(11-13)19-17(20)15(18-14)6-4-2-3-5-12-7-8-12;1-13(2,3)9(14-12(18)19)10(16)15-7-5-6-8(15)11(17)20-4/h9-12H,2-8H2,1H3,(H,19,20);8-9,14H,5-7H2,1-4H3,(H,18,19). The molecule has 11 nitrogen and oxygen atoms in total. The van der Waals surface area contributed by atoms with Crippen LogP contribution in [0.25, 0.3) is 11.0 Å². The number of hydrogen-bond acceptors (Lipinski definition) is 7. The Labute approximate surface area is 241 Å². The Morgan fingerprint density at radius 2 is 1.88 bits per heavy atom. The van der Waals surface area contributed by atoms with Gasteiger partial charge in [-0.2, -0.15) is 0 Å². The number of likely N-dealkylation sites (tertiary alicyclic amines) is 1. The van der Waals surface area contributed by atoms with Gasteiger partial charge in [0, 0.05) is 12.6 Å². The van der Waals surface area contributed by atoms with Crippen molar-refractivity contribution in [1.82, 2.24) is 20.2 Å². The number of rotatable bonds is 10. The zero-order valence-corrected chi connectivity index (χ0v) is 24.8. The minimum Gasteiger partial charge on any atom is -0.497 e. The van der Waals surface area contributed by atoms with Crippen molar-refractivity contribution in [3.8, 4) is 5.75 Å². The van der Waals surface area contributed by atoms with E-state index in [1.807, 2.05) is 18.2 Å². The number of esters is 1. The number of carboxylic acid groups (broad SMARTS) is 1. The van der Waals surface area contributed by atoms with E-state index in [0.29, 0.717) is 25.1 Å². The summed E-state index contributed by atoms with van der Waals surface area (Å²) in [6.45, 7) is 5.75. The normalized spacial score (nSPS) is 17.4. The molecular weight excluding hydrogens is 528 g/mol. The molecule has 2 aliphatic rings. The highest BCUT2D eigenvalue weighted by atomic mass is 16.5. The van der Waals surface area contributed by atoms with E-state index in [1.165, 1.54) is 44.1 Å². The van der Waals surface area contributed by atoms with Crippen LogP contribution in [-0.2, 0) is 20.7 Å². The number of nitrogens with one attached hydrogen (secondary N) is 2. The second-order valence-corrected chi connectivity index (χ2v) is 11.9. The minimum atomic E-state index is -1.26. The number of benzene rings is 1. The van der Waals surface area contributed by atoms with Crippen LogP contribution in [0.1, 0.15) is 77.8 Å². The predicted octanol–water partition coefficient (Wildman–Crippen LogP) is 4.28. The van der Waals surface area contributed by atoms with Crippen molar-refractivity contribution < 1.29 is 29.0 Å². The molecule has 1 saturated carbocycles. The van der Waals surface area contributed by atoms with Crippen molar-refractivity contribution in [2.45, 2.75) is 90.6 Å². The molecule has 0 spiro atoms. The number of nitrogens with zero attached hydrogens (tertiary/aromatic N) is 2.